The number of anilines is 1. The molecule has 2 heteroatoms. The number of nitrogen functional groups attached to an aromatic ring is 1. The van der Waals surface area contributed by atoms with Gasteiger partial charge in [-0.25, -0.2) is 0 Å². The Balaban J connectivity index is 2.42. The average Bonchev–Trinajstić information content (AvgIpc) is 2.15. The number of unbranched alkanes of at least 4 members (excludes halogenated alkanes) is 3. The highest BCUT2D eigenvalue weighted by Gasteiger charge is 1.99. The summed E-state index contributed by atoms with van der Waals surface area (Å²) >= 11 is 2.29. The summed E-state index contributed by atoms with van der Waals surface area (Å²) < 4.78 is 1.22. The fraction of sp³-hybridized carbons (Fsp3) is 0.500. The van der Waals surface area contributed by atoms with E-state index in [1.54, 1.807) is 0 Å². The van der Waals surface area contributed by atoms with Gasteiger partial charge in [-0.2, -0.15) is 0 Å². The third-order valence-corrected chi connectivity index (χ3v) is 3.08. The Morgan fingerprint density at radius 3 is 2.64 bits per heavy atom. The molecule has 0 aliphatic heterocycles. The highest BCUT2D eigenvalue weighted by atomic mass is 127. The van der Waals surface area contributed by atoms with Gasteiger partial charge >= 0.3 is 0 Å². The first-order valence-electron chi connectivity index (χ1n) is 5.28. The molecule has 0 spiro atoms. The summed E-state index contributed by atoms with van der Waals surface area (Å²) in [6.45, 7) is 2.24. The van der Waals surface area contributed by atoms with Crippen molar-refractivity contribution < 1.29 is 0 Å². The van der Waals surface area contributed by atoms with Crippen molar-refractivity contribution in [3.63, 3.8) is 0 Å². The summed E-state index contributed by atoms with van der Waals surface area (Å²) in [5.41, 5.74) is 8.19. The molecule has 0 atom stereocenters. The molecule has 2 N–H and O–H groups in total. The van der Waals surface area contributed by atoms with Gasteiger partial charge in [-0.3, -0.25) is 0 Å². The van der Waals surface area contributed by atoms with Crippen LogP contribution in [0, 0.1) is 3.57 Å². The molecule has 0 aromatic heterocycles. The molecule has 0 saturated carbocycles. The minimum atomic E-state index is 0.952. The topological polar surface area (TPSA) is 26.0 Å². The summed E-state index contributed by atoms with van der Waals surface area (Å²) in [6.07, 6.45) is 6.34. The van der Waals surface area contributed by atoms with E-state index in [4.69, 9.17) is 5.73 Å². The normalized spacial score (nSPS) is 10.4. The Labute approximate surface area is 100 Å². The van der Waals surface area contributed by atoms with Gasteiger partial charge in [0.2, 0.25) is 0 Å². The lowest BCUT2D eigenvalue weighted by Gasteiger charge is -2.05. The fourth-order valence-electron chi connectivity index (χ4n) is 1.54. The zero-order valence-corrected chi connectivity index (χ0v) is 10.9. The van der Waals surface area contributed by atoms with Crippen LogP contribution in [0.15, 0.2) is 18.2 Å². The van der Waals surface area contributed by atoms with Crippen LogP contribution in [0.1, 0.15) is 38.2 Å². The molecule has 0 amide bonds. The smallest absolute Gasteiger partial charge is 0.0357 e. The van der Waals surface area contributed by atoms with Crippen LogP contribution in [0.3, 0.4) is 0 Å². The van der Waals surface area contributed by atoms with Gasteiger partial charge in [0.05, 0.1) is 0 Å². The van der Waals surface area contributed by atoms with Crippen LogP contribution in [-0.4, -0.2) is 0 Å². The second-order valence-corrected chi connectivity index (χ2v) is 4.90. The van der Waals surface area contributed by atoms with Gasteiger partial charge in [-0.1, -0.05) is 32.3 Å². The number of aryl methyl sites for hydroxylation is 1. The molecule has 0 bridgehead atoms. The van der Waals surface area contributed by atoms with E-state index in [-0.39, 0.29) is 0 Å². The lowest BCUT2D eigenvalue weighted by Crippen LogP contribution is -1.95. The first kappa shape index (κ1) is 11.8. The van der Waals surface area contributed by atoms with Crippen molar-refractivity contribution >= 4 is 28.3 Å². The van der Waals surface area contributed by atoms with E-state index in [0.29, 0.717) is 0 Å². The molecule has 1 aromatic rings. The van der Waals surface area contributed by atoms with Crippen LogP contribution in [-0.2, 0) is 6.42 Å². The van der Waals surface area contributed by atoms with Crippen LogP contribution < -0.4 is 5.73 Å². The summed E-state index contributed by atoms with van der Waals surface area (Å²) in [7, 11) is 0. The van der Waals surface area contributed by atoms with Crippen molar-refractivity contribution in [2.45, 2.75) is 39.0 Å². The SMILES string of the molecule is CCCCCCc1ccc(I)cc1N. The molecule has 1 rings (SSSR count). The lowest BCUT2D eigenvalue weighted by atomic mass is 10.0. The van der Waals surface area contributed by atoms with Crippen molar-refractivity contribution in [3.8, 4) is 0 Å². The van der Waals surface area contributed by atoms with Crippen LogP contribution in [0.2, 0.25) is 0 Å². The van der Waals surface area contributed by atoms with Crippen molar-refractivity contribution in [1.82, 2.24) is 0 Å². The Morgan fingerprint density at radius 2 is 2.00 bits per heavy atom. The molecular weight excluding hydrogens is 285 g/mol. The van der Waals surface area contributed by atoms with Crippen molar-refractivity contribution in [1.29, 1.82) is 0 Å². The predicted molar refractivity (Wildman–Crippen MR) is 71.4 cm³/mol. The van der Waals surface area contributed by atoms with Gasteiger partial charge in [0.25, 0.3) is 0 Å². The third kappa shape index (κ3) is 3.86. The molecule has 0 radical (unpaired) electrons. The molecular formula is C12H18IN. The first-order chi connectivity index (χ1) is 6.74. The molecule has 0 aliphatic carbocycles. The Morgan fingerprint density at radius 1 is 1.21 bits per heavy atom. The number of rotatable bonds is 5. The van der Waals surface area contributed by atoms with Crippen LogP contribution in [0.4, 0.5) is 5.69 Å². The Hall–Kier alpha value is -0.250. The minimum absolute atomic E-state index is 0.952. The summed E-state index contributed by atoms with van der Waals surface area (Å²) in [4.78, 5) is 0. The van der Waals surface area contributed by atoms with Gasteiger partial charge in [-0.15, -0.1) is 0 Å². The highest BCUT2D eigenvalue weighted by molar-refractivity contribution is 14.1. The zero-order chi connectivity index (χ0) is 10.4. The van der Waals surface area contributed by atoms with E-state index in [1.165, 1.54) is 34.8 Å². The van der Waals surface area contributed by atoms with Crippen molar-refractivity contribution in [2.24, 2.45) is 0 Å². The first-order valence-corrected chi connectivity index (χ1v) is 6.36. The van der Waals surface area contributed by atoms with Crippen molar-refractivity contribution in [3.05, 3.63) is 27.3 Å². The number of halogens is 1. The summed E-state index contributed by atoms with van der Waals surface area (Å²) in [5, 5.41) is 0. The predicted octanol–water partition coefficient (Wildman–Crippen LogP) is 4.00. The summed E-state index contributed by atoms with van der Waals surface area (Å²) in [5.74, 6) is 0. The molecule has 1 aromatic carbocycles. The average molecular weight is 303 g/mol. The molecule has 0 aliphatic rings. The van der Waals surface area contributed by atoms with Gasteiger partial charge < -0.3 is 5.73 Å². The number of benzene rings is 1. The lowest BCUT2D eigenvalue weighted by molar-refractivity contribution is 0.667. The second kappa shape index (κ2) is 6.27. The molecule has 0 saturated heterocycles. The molecule has 0 fully saturated rings. The zero-order valence-electron chi connectivity index (χ0n) is 8.72. The maximum Gasteiger partial charge on any atom is 0.0357 e. The minimum Gasteiger partial charge on any atom is -0.398 e. The van der Waals surface area contributed by atoms with E-state index in [1.807, 2.05) is 0 Å². The van der Waals surface area contributed by atoms with Crippen molar-refractivity contribution in [2.75, 3.05) is 5.73 Å². The van der Waals surface area contributed by atoms with Crippen LogP contribution in [0.25, 0.3) is 0 Å². The van der Waals surface area contributed by atoms with E-state index in [0.717, 1.165) is 12.1 Å². The highest BCUT2D eigenvalue weighted by Crippen LogP contribution is 2.18. The quantitative estimate of drug-likeness (QED) is 0.497. The Kier molecular flexibility index (Phi) is 5.30. The molecule has 0 unspecified atom stereocenters. The summed E-state index contributed by atoms with van der Waals surface area (Å²) in [6, 6.07) is 6.34. The van der Waals surface area contributed by atoms with Crippen LogP contribution >= 0.6 is 22.6 Å². The maximum atomic E-state index is 5.93. The molecule has 78 valence electrons. The number of nitrogens with two attached hydrogens (primary N) is 1. The Bertz CT molecular complexity index is 284. The number of hydrogen-bond donors (Lipinski definition) is 1. The van der Waals surface area contributed by atoms with E-state index in [2.05, 4.69) is 47.7 Å². The maximum absolute atomic E-state index is 5.93. The number of hydrogen-bond acceptors (Lipinski definition) is 1. The van der Waals surface area contributed by atoms with E-state index in [9.17, 15) is 0 Å². The monoisotopic (exact) mass is 303 g/mol. The van der Waals surface area contributed by atoms with Gasteiger partial charge in [0.15, 0.2) is 0 Å². The molecule has 1 nitrogen and oxygen atoms in total. The van der Waals surface area contributed by atoms with E-state index < -0.39 is 0 Å². The van der Waals surface area contributed by atoms with E-state index >= 15 is 0 Å². The molecule has 0 heterocycles. The fourth-order valence-corrected chi connectivity index (χ4v) is 2.05. The van der Waals surface area contributed by atoms with Gasteiger partial charge in [0.1, 0.15) is 0 Å². The third-order valence-electron chi connectivity index (χ3n) is 2.41. The second-order valence-electron chi connectivity index (χ2n) is 3.65. The van der Waals surface area contributed by atoms with Crippen LogP contribution in [0.5, 0.6) is 0 Å². The largest absolute Gasteiger partial charge is 0.398 e. The van der Waals surface area contributed by atoms with Gasteiger partial charge in [0, 0.05) is 9.26 Å². The van der Waals surface area contributed by atoms with Gasteiger partial charge in [-0.05, 0) is 53.1 Å². The molecule has 14 heavy (non-hydrogen) atoms. The standard InChI is InChI=1S/C12H18IN/c1-2-3-4-5-6-10-7-8-11(13)9-12(10)14/h7-9H,2-6,14H2,1H3.